The Morgan fingerprint density at radius 1 is 0.750 bits per heavy atom. The smallest absolute Gasteiger partial charge is 0.131 e. The lowest BCUT2D eigenvalue weighted by Gasteiger charge is -2.38. The van der Waals surface area contributed by atoms with Gasteiger partial charge < -0.3 is 0 Å². The summed E-state index contributed by atoms with van der Waals surface area (Å²) >= 11 is 5.87. The first-order valence-corrected chi connectivity index (χ1v) is 13.6. The SMILES string of the molecule is CCCC1CCC(C2CCC(CCc3ccc(-c4ccc(CCl)cc4)c(F)c3)CC2)CC1. The molecule has 2 fully saturated rings. The quantitative estimate of drug-likeness (QED) is 0.348. The average molecular weight is 455 g/mol. The second kappa shape index (κ2) is 11.7. The normalized spacial score (nSPS) is 26.2. The van der Waals surface area contributed by atoms with Gasteiger partial charge in [0.05, 0.1) is 0 Å². The third-order valence-electron chi connectivity index (χ3n) is 8.44. The molecule has 0 N–H and O–H groups in total. The van der Waals surface area contributed by atoms with Gasteiger partial charge in [0.15, 0.2) is 0 Å². The molecule has 2 saturated carbocycles. The molecule has 0 amide bonds. The minimum absolute atomic E-state index is 0.108. The van der Waals surface area contributed by atoms with Crippen LogP contribution in [0.2, 0.25) is 0 Å². The molecule has 4 rings (SSSR count). The van der Waals surface area contributed by atoms with Crippen LogP contribution in [0.4, 0.5) is 4.39 Å². The lowest BCUT2D eigenvalue weighted by Crippen LogP contribution is -2.26. The number of hydrogen-bond donors (Lipinski definition) is 0. The van der Waals surface area contributed by atoms with Gasteiger partial charge in [0.25, 0.3) is 0 Å². The van der Waals surface area contributed by atoms with Crippen molar-refractivity contribution in [1.29, 1.82) is 0 Å². The van der Waals surface area contributed by atoms with Crippen molar-refractivity contribution in [2.24, 2.45) is 23.7 Å². The first-order chi connectivity index (χ1) is 15.7. The molecule has 2 heteroatoms. The summed E-state index contributed by atoms with van der Waals surface area (Å²) in [6, 6.07) is 13.7. The minimum Gasteiger partial charge on any atom is -0.206 e. The van der Waals surface area contributed by atoms with Gasteiger partial charge >= 0.3 is 0 Å². The maximum atomic E-state index is 14.8. The van der Waals surface area contributed by atoms with Gasteiger partial charge in [-0.05, 0) is 85.0 Å². The second-order valence-electron chi connectivity index (χ2n) is 10.5. The lowest BCUT2D eigenvalue weighted by molar-refractivity contribution is 0.141. The molecular formula is C30H40ClF. The van der Waals surface area contributed by atoms with E-state index in [1.165, 1.54) is 70.6 Å². The van der Waals surface area contributed by atoms with E-state index in [2.05, 4.69) is 13.0 Å². The van der Waals surface area contributed by atoms with Crippen molar-refractivity contribution < 1.29 is 4.39 Å². The number of benzene rings is 2. The summed E-state index contributed by atoms with van der Waals surface area (Å²) in [5.41, 5.74) is 3.81. The van der Waals surface area contributed by atoms with Crippen LogP contribution < -0.4 is 0 Å². The number of aryl methyl sites for hydroxylation is 1. The van der Waals surface area contributed by atoms with Crippen molar-refractivity contribution in [3.05, 3.63) is 59.4 Å². The summed E-state index contributed by atoms with van der Waals surface area (Å²) in [6.45, 7) is 2.33. The second-order valence-corrected chi connectivity index (χ2v) is 10.8. The zero-order valence-electron chi connectivity index (χ0n) is 19.8. The van der Waals surface area contributed by atoms with E-state index >= 15 is 0 Å². The first kappa shape index (κ1) is 23.8. The van der Waals surface area contributed by atoms with Crippen molar-refractivity contribution in [2.45, 2.75) is 89.9 Å². The van der Waals surface area contributed by atoms with Crippen molar-refractivity contribution in [3.63, 3.8) is 0 Å². The van der Waals surface area contributed by atoms with Crippen LogP contribution in [0.1, 0.15) is 88.7 Å². The highest BCUT2D eigenvalue weighted by Crippen LogP contribution is 2.43. The minimum atomic E-state index is -0.108. The maximum Gasteiger partial charge on any atom is 0.131 e. The zero-order valence-corrected chi connectivity index (χ0v) is 20.6. The van der Waals surface area contributed by atoms with Crippen LogP contribution >= 0.6 is 11.6 Å². The van der Waals surface area contributed by atoms with E-state index in [1.807, 2.05) is 30.3 Å². The molecule has 0 aromatic heterocycles. The summed E-state index contributed by atoms with van der Waals surface area (Å²) in [4.78, 5) is 0. The number of alkyl halides is 1. The molecule has 0 atom stereocenters. The molecule has 2 aromatic carbocycles. The Hall–Kier alpha value is -1.34. The van der Waals surface area contributed by atoms with E-state index in [9.17, 15) is 4.39 Å². The van der Waals surface area contributed by atoms with E-state index in [0.717, 1.165) is 46.8 Å². The summed E-state index contributed by atoms with van der Waals surface area (Å²) < 4.78 is 14.8. The van der Waals surface area contributed by atoms with Crippen LogP contribution in [0.5, 0.6) is 0 Å². The molecule has 0 aliphatic heterocycles. The standard InChI is InChI=1S/C30H40ClF/c1-2-3-22-6-13-26(14-7-22)27-15-8-23(9-16-27)4-5-24-12-19-29(30(32)20-24)28-17-10-25(21-31)11-18-28/h10-12,17-20,22-23,26-27H,2-9,13-16,21H2,1H3. The lowest BCUT2D eigenvalue weighted by atomic mass is 9.68. The van der Waals surface area contributed by atoms with Crippen LogP contribution in [0.25, 0.3) is 11.1 Å². The molecule has 2 aliphatic rings. The van der Waals surface area contributed by atoms with Crippen molar-refractivity contribution in [2.75, 3.05) is 0 Å². The van der Waals surface area contributed by atoms with Crippen LogP contribution in [0, 0.1) is 29.5 Å². The molecule has 0 bridgehead atoms. The highest BCUT2D eigenvalue weighted by Gasteiger charge is 2.30. The molecule has 0 heterocycles. The average Bonchev–Trinajstić information content (AvgIpc) is 2.84. The maximum absolute atomic E-state index is 14.8. The van der Waals surface area contributed by atoms with Gasteiger partial charge in [0.2, 0.25) is 0 Å². The monoisotopic (exact) mass is 454 g/mol. The Kier molecular flexibility index (Phi) is 8.69. The van der Waals surface area contributed by atoms with Crippen molar-refractivity contribution in [1.82, 2.24) is 0 Å². The Balaban J connectivity index is 1.23. The summed E-state index contributed by atoms with van der Waals surface area (Å²) in [7, 11) is 0. The van der Waals surface area contributed by atoms with E-state index < -0.39 is 0 Å². The van der Waals surface area contributed by atoms with Crippen LogP contribution in [-0.2, 0) is 12.3 Å². The van der Waals surface area contributed by atoms with Crippen LogP contribution in [0.3, 0.4) is 0 Å². The largest absolute Gasteiger partial charge is 0.206 e. The molecule has 0 saturated heterocycles. The third-order valence-corrected chi connectivity index (χ3v) is 8.75. The first-order valence-electron chi connectivity index (χ1n) is 13.1. The number of rotatable bonds is 8. The van der Waals surface area contributed by atoms with Gasteiger partial charge in [-0.3, -0.25) is 0 Å². The summed E-state index contributed by atoms with van der Waals surface area (Å²) in [5.74, 6) is 4.21. The summed E-state index contributed by atoms with van der Waals surface area (Å²) in [5, 5.41) is 0. The van der Waals surface area contributed by atoms with E-state index in [-0.39, 0.29) is 5.82 Å². The number of halogens is 2. The molecule has 0 radical (unpaired) electrons. The van der Waals surface area contributed by atoms with Crippen molar-refractivity contribution >= 4 is 11.6 Å². The predicted octanol–water partition coefficient (Wildman–Crippen LogP) is 9.58. The highest BCUT2D eigenvalue weighted by atomic mass is 35.5. The predicted molar refractivity (Wildman–Crippen MR) is 136 cm³/mol. The van der Waals surface area contributed by atoms with Gasteiger partial charge in [-0.15, -0.1) is 11.6 Å². The molecule has 2 aromatic rings. The Morgan fingerprint density at radius 3 is 1.84 bits per heavy atom. The Bertz CT molecular complexity index is 826. The van der Waals surface area contributed by atoms with Gasteiger partial charge in [-0.1, -0.05) is 81.8 Å². The fourth-order valence-electron chi connectivity index (χ4n) is 6.40. The molecule has 174 valence electrons. The molecule has 0 nitrogen and oxygen atoms in total. The van der Waals surface area contributed by atoms with Gasteiger partial charge in [0, 0.05) is 11.4 Å². The molecular weight excluding hydrogens is 415 g/mol. The molecule has 0 spiro atoms. The fourth-order valence-corrected chi connectivity index (χ4v) is 6.58. The van der Waals surface area contributed by atoms with Crippen LogP contribution in [0.15, 0.2) is 42.5 Å². The Labute approximate surface area is 200 Å². The van der Waals surface area contributed by atoms with Gasteiger partial charge in [-0.2, -0.15) is 0 Å². The van der Waals surface area contributed by atoms with E-state index in [1.54, 1.807) is 6.07 Å². The molecule has 2 aliphatic carbocycles. The van der Waals surface area contributed by atoms with Crippen molar-refractivity contribution in [3.8, 4) is 11.1 Å². The van der Waals surface area contributed by atoms with Crippen LogP contribution in [-0.4, -0.2) is 0 Å². The zero-order chi connectivity index (χ0) is 22.3. The topological polar surface area (TPSA) is 0 Å². The van der Waals surface area contributed by atoms with Gasteiger partial charge in [0.1, 0.15) is 5.82 Å². The summed E-state index contributed by atoms with van der Waals surface area (Å²) in [6.07, 6.45) is 16.6. The van der Waals surface area contributed by atoms with Gasteiger partial charge in [-0.25, -0.2) is 4.39 Å². The van der Waals surface area contributed by atoms with E-state index in [0.29, 0.717) is 11.4 Å². The Morgan fingerprint density at radius 2 is 1.31 bits per heavy atom. The van der Waals surface area contributed by atoms with E-state index in [4.69, 9.17) is 11.6 Å². The molecule has 32 heavy (non-hydrogen) atoms. The number of hydrogen-bond acceptors (Lipinski definition) is 0. The highest BCUT2D eigenvalue weighted by molar-refractivity contribution is 6.17. The molecule has 0 unspecified atom stereocenters. The third kappa shape index (κ3) is 6.16. The fraction of sp³-hybridized carbons (Fsp3) is 0.600.